The number of nitrogens with zero attached hydrogens (tertiary/aromatic N) is 1. The van der Waals surface area contributed by atoms with Crippen LogP contribution in [0, 0.1) is 0 Å². The molecule has 1 heterocycles. The van der Waals surface area contributed by atoms with Gasteiger partial charge in [-0.2, -0.15) is 0 Å². The number of amides is 1. The van der Waals surface area contributed by atoms with E-state index in [9.17, 15) is 9.90 Å². The fraction of sp³-hybridized carbons (Fsp3) is 0.143. The zero-order valence-electron chi connectivity index (χ0n) is 10.8. The molecule has 2 rings (SSSR count). The molecule has 1 aromatic carbocycles. The van der Waals surface area contributed by atoms with Gasteiger partial charge in [0.2, 0.25) is 0 Å². The number of nitrogens with two attached hydrogens (primary N) is 2. The van der Waals surface area contributed by atoms with Crippen molar-refractivity contribution >= 4 is 17.4 Å². The first-order chi connectivity index (χ1) is 9.58. The van der Waals surface area contributed by atoms with Crippen LogP contribution in [0.1, 0.15) is 22.0 Å². The number of aliphatic hydroxyl groups excluding tert-OH is 1. The number of hydrogen-bond donors (Lipinski definition) is 4. The average molecular weight is 272 g/mol. The lowest BCUT2D eigenvalue weighted by atomic mass is 10.1. The Labute approximate surface area is 116 Å². The van der Waals surface area contributed by atoms with Crippen molar-refractivity contribution < 1.29 is 9.90 Å². The van der Waals surface area contributed by atoms with Crippen LogP contribution in [0.15, 0.2) is 42.6 Å². The van der Waals surface area contributed by atoms with E-state index in [2.05, 4.69) is 10.3 Å². The van der Waals surface area contributed by atoms with Crippen LogP contribution < -0.4 is 16.8 Å². The van der Waals surface area contributed by atoms with Gasteiger partial charge in [-0.1, -0.05) is 30.3 Å². The Morgan fingerprint density at radius 1 is 1.35 bits per heavy atom. The molecule has 0 bridgehead atoms. The van der Waals surface area contributed by atoms with E-state index in [1.807, 2.05) is 30.3 Å². The molecule has 1 atom stereocenters. The number of aromatic nitrogens is 1. The van der Waals surface area contributed by atoms with E-state index >= 15 is 0 Å². The summed E-state index contributed by atoms with van der Waals surface area (Å²) in [4.78, 5) is 15.3. The molecule has 1 aromatic heterocycles. The van der Waals surface area contributed by atoms with Crippen molar-refractivity contribution in [3.05, 3.63) is 53.7 Å². The summed E-state index contributed by atoms with van der Waals surface area (Å²) in [5, 5.41) is 12.9. The van der Waals surface area contributed by atoms with Gasteiger partial charge in [-0.25, -0.2) is 4.98 Å². The molecule has 0 aliphatic carbocycles. The summed E-state index contributed by atoms with van der Waals surface area (Å²) >= 11 is 0. The first kappa shape index (κ1) is 13.8. The largest absolute Gasteiger partial charge is 0.397 e. The first-order valence-electron chi connectivity index (χ1n) is 6.10. The van der Waals surface area contributed by atoms with Gasteiger partial charge < -0.3 is 21.9 Å². The van der Waals surface area contributed by atoms with Crippen molar-refractivity contribution in [1.29, 1.82) is 0 Å². The summed E-state index contributed by atoms with van der Waals surface area (Å²) in [6.07, 6.45) is 0.709. The monoisotopic (exact) mass is 272 g/mol. The first-order valence-corrected chi connectivity index (χ1v) is 6.10. The molecule has 6 nitrogen and oxygen atoms in total. The number of hydrogen-bond acceptors (Lipinski definition) is 5. The minimum absolute atomic E-state index is 0.199. The molecule has 0 saturated heterocycles. The summed E-state index contributed by atoms with van der Waals surface area (Å²) in [6, 6.07) is 10.6. The molecule has 0 aliphatic rings. The Balaban J connectivity index is 2.09. The second kappa shape index (κ2) is 6.03. The summed E-state index contributed by atoms with van der Waals surface area (Å²) in [5.74, 6) is -0.316. The maximum absolute atomic E-state index is 11.3. The Hall–Kier alpha value is -2.60. The molecule has 6 N–H and O–H groups in total. The molecule has 1 amide bonds. The highest BCUT2D eigenvalue weighted by Crippen LogP contribution is 2.17. The molecular formula is C14H16N4O2. The van der Waals surface area contributed by atoms with E-state index in [0.29, 0.717) is 11.5 Å². The third kappa shape index (κ3) is 3.24. The Morgan fingerprint density at radius 3 is 2.70 bits per heavy atom. The molecular weight excluding hydrogens is 256 g/mol. The smallest absolute Gasteiger partial charge is 0.252 e. The normalized spacial score (nSPS) is 11.8. The van der Waals surface area contributed by atoms with E-state index in [4.69, 9.17) is 11.5 Å². The maximum Gasteiger partial charge on any atom is 0.252 e. The topological polar surface area (TPSA) is 114 Å². The highest BCUT2D eigenvalue weighted by atomic mass is 16.3. The van der Waals surface area contributed by atoms with E-state index in [1.54, 1.807) is 0 Å². The molecule has 1 unspecified atom stereocenters. The van der Waals surface area contributed by atoms with Crippen LogP contribution in [0.3, 0.4) is 0 Å². The fourth-order valence-corrected chi connectivity index (χ4v) is 1.80. The SMILES string of the molecule is NC(=O)c1cc(N)cnc1NCC(O)c1ccccc1. The Morgan fingerprint density at radius 2 is 2.05 bits per heavy atom. The lowest BCUT2D eigenvalue weighted by molar-refractivity contribution is 0.100. The second-order valence-corrected chi connectivity index (χ2v) is 4.34. The standard InChI is InChI=1S/C14H16N4O2/c15-10-6-11(13(16)20)14(17-7-10)18-8-12(19)9-4-2-1-3-5-9/h1-7,12,19H,8,15H2,(H2,16,20)(H,17,18). The van der Waals surface area contributed by atoms with Crippen molar-refractivity contribution in [3.8, 4) is 0 Å². The number of anilines is 2. The van der Waals surface area contributed by atoms with E-state index in [-0.39, 0.29) is 12.1 Å². The molecule has 104 valence electrons. The Bertz CT molecular complexity index is 601. The molecule has 0 spiro atoms. The minimum atomic E-state index is -0.712. The number of nitrogens with one attached hydrogen (secondary N) is 1. The van der Waals surface area contributed by atoms with Gasteiger partial charge in [-0.15, -0.1) is 0 Å². The van der Waals surface area contributed by atoms with Crippen LogP contribution in [-0.4, -0.2) is 22.5 Å². The summed E-state index contributed by atoms with van der Waals surface area (Å²) in [5.41, 5.74) is 12.2. The van der Waals surface area contributed by atoms with E-state index < -0.39 is 12.0 Å². The predicted octanol–water partition coefficient (Wildman–Crippen LogP) is 0.908. The van der Waals surface area contributed by atoms with E-state index in [1.165, 1.54) is 12.3 Å². The van der Waals surface area contributed by atoms with Gasteiger partial charge in [-0.3, -0.25) is 4.79 Å². The molecule has 0 aliphatic heterocycles. The van der Waals surface area contributed by atoms with Crippen LogP contribution in [0.5, 0.6) is 0 Å². The number of benzene rings is 1. The number of aliphatic hydroxyl groups is 1. The third-order valence-corrected chi connectivity index (χ3v) is 2.82. The van der Waals surface area contributed by atoms with Gasteiger partial charge >= 0.3 is 0 Å². The van der Waals surface area contributed by atoms with Crippen molar-refractivity contribution in [1.82, 2.24) is 4.98 Å². The molecule has 0 saturated carbocycles. The molecule has 20 heavy (non-hydrogen) atoms. The zero-order valence-corrected chi connectivity index (χ0v) is 10.8. The highest BCUT2D eigenvalue weighted by molar-refractivity contribution is 5.98. The number of primary amides is 1. The minimum Gasteiger partial charge on any atom is -0.397 e. The summed E-state index contributed by atoms with van der Waals surface area (Å²) in [6.45, 7) is 0.210. The molecule has 2 aromatic rings. The second-order valence-electron chi connectivity index (χ2n) is 4.34. The zero-order chi connectivity index (χ0) is 14.5. The van der Waals surface area contributed by atoms with Crippen LogP contribution in [-0.2, 0) is 0 Å². The molecule has 6 heteroatoms. The maximum atomic E-state index is 11.3. The number of pyridine rings is 1. The lowest BCUT2D eigenvalue weighted by Crippen LogP contribution is -2.19. The van der Waals surface area contributed by atoms with Crippen LogP contribution >= 0.6 is 0 Å². The van der Waals surface area contributed by atoms with Crippen LogP contribution in [0.25, 0.3) is 0 Å². The molecule has 0 fully saturated rings. The van der Waals surface area contributed by atoms with Crippen LogP contribution in [0.2, 0.25) is 0 Å². The number of rotatable bonds is 5. The highest BCUT2D eigenvalue weighted by Gasteiger charge is 2.12. The van der Waals surface area contributed by atoms with Gasteiger partial charge in [0, 0.05) is 6.54 Å². The van der Waals surface area contributed by atoms with Gasteiger partial charge in [0.15, 0.2) is 0 Å². The lowest BCUT2D eigenvalue weighted by Gasteiger charge is -2.14. The fourth-order valence-electron chi connectivity index (χ4n) is 1.80. The van der Waals surface area contributed by atoms with Gasteiger partial charge in [0.1, 0.15) is 5.82 Å². The van der Waals surface area contributed by atoms with Gasteiger partial charge in [0.25, 0.3) is 5.91 Å². The van der Waals surface area contributed by atoms with Crippen molar-refractivity contribution in [2.45, 2.75) is 6.10 Å². The van der Waals surface area contributed by atoms with Crippen molar-refractivity contribution in [3.63, 3.8) is 0 Å². The number of nitrogen functional groups attached to an aromatic ring is 1. The van der Waals surface area contributed by atoms with E-state index in [0.717, 1.165) is 5.56 Å². The van der Waals surface area contributed by atoms with Crippen molar-refractivity contribution in [2.75, 3.05) is 17.6 Å². The number of carbonyl (C=O) groups is 1. The van der Waals surface area contributed by atoms with Gasteiger partial charge in [-0.05, 0) is 11.6 Å². The average Bonchev–Trinajstić information content (AvgIpc) is 2.46. The third-order valence-electron chi connectivity index (χ3n) is 2.82. The summed E-state index contributed by atoms with van der Waals surface area (Å²) in [7, 11) is 0. The van der Waals surface area contributed by atoms with Gasteiger partial charge in [0.05, 0.1) is 23.6 Å². The quantitative estimate of drug-likeness (QED) is 0.646. The van der Waals surface area contributed by atoms with Crippen molar-refractivity contribution in [2.24, 2.45) is 5.73 Å². The number of carbonyl (C=O) groups excluding carboxylic acids is 1. The summed E-state index contributed by atoms with van der Waals surface area (Å²) < 4.78 is 0. The van der Waals surface area contributed by atoms with Crippen LogP contribution in [0.4, 0.5) is 11.5 Å². The Kier molecular flexibility index (Phi) is 4.17. The molecule has 0 radical (unpaired) electrons. The predicted molar refractivity (Wildman–Crippen MR) is 77.1 cm³/mol.